The molecule has 2 aliphatic rings. The third-order valence-corrected chi connectivity index (χ3v) is 4.87. The first kappa shape index (κ1) is 13.7. The summed E-state index contributed by atoms with van der Waals surface area (Å²) in [5, 5.41) is 3.65. The predicted molar refractivity (Wildman–Crippen MR) is 75.7 cm³/mol. The summed E-state index contributed by atoms with van der Waals surface area (Å²) in [5.41, 5.74) is 0.444. The molecule has 2 rings (SSSR count). The molecule has 0 aromatic rings. The van der Waals surface area contributed by atoms with Crippen LogP contribution in [-0.4, -0.2) is 37.8 Å². The smallest absolute Gasteiger partial charge is 0.0672 e. The Morgan fingerprint density at radius 2 is 2.24 bits per heavy atom. The average molecular weight is 257 g/mol. The van der Waals surface area contributed by atoms with Gasteiger partial charge in [0.05, 0.1) is 6.10 Å². The Hall–Kier alpha value is 0.270. The highest BCUT2D eigenvalue weighted by Gasteiger charge is 2.50. The summed E-state index contributed by atoms with van der Waals surface area (Å²) >= 11 is 1.98. The molecule has 1 heterocycles. The molecule has 0 bridgehead atoms. The van der Waals surface area contributed by atoms with Gasteiger partial charge in [0.2, 0.25) is 0 Å². The Morgan fingerprint density at radius 3 is 2.88 bits per heavy atom. The third-order valence-electron chi connectivity index (χ3n) is 4.26. The van der Waals surface area contributed by atoms with Crippen LogP contribution in [0.25, 0.3) is 0 Å². The Morgan fingerprint density at radius 1 is 1.41 bits per heavy atom. The van der Waals surface area contributed by atoms with Gasteiger partial charge in [-0.2, -0.15) is 11.8 Å². The van der Waals surface area contributed by atoms with Gasteiger partial charge in [0.1, 0.15) is 0 Å². The largest absolute Gasteiger partial charge is 0.377 e. The maximum atomic E-state index is 6.07. The molecule has 1 aliphatic carbocycles. The van der Waals surface area contributed by atoms with Crippen molar-refractivity contribution < 1.29 is 4.74 Å². The van der Waals surface area contributed by atoms with Crippen molar-refractivity contribution in [2.45, 2.75) is 45.1 Å². The van der Waals surface area contributed by atoms with E-state index in [1.807, 2.05) is 11.8 Å². The van der Waals surface area contributed by atoms with Crippen LogP contribution in [-0.2, 0) is 4.74 Å². The van der Waals surface area contributed by atoms with Crippen molar-refractivity contribution in [2.24, 2.45) is 11.3 Å². The fraction of sp³-hybridized carbons (Fsp3) is 1.00. The van der Waals surface area contributed by atoms with E-state index in [0.29, 0.717) is 11.5 Å². The van der Waals surface area contributed by atoms with Gasteiger partial charge in [0.25, 0.3) is 0 Å². The molecule has 17 heavy (non-hydrogen) atoms. The van der Waals surface area contributed by atoms with Gasteiger partial charge in [0.15, 0.2) is 0 Å². The van der Waals surface area contributed by atoms with Crippen molar-refractivity contribution in [1.29, 1.82) is 0 Å². The Kier molecular flexibility index (Phi) is 5.19. The van der Waals surface area contributed by atoms with Crippen LogP contribution in [0.5, 0.6) is 0 Å². The zero-order chi connectivity index (χ0) is 12.1. The van der Waals surface area contributed by atoms with E-state index >= 15 is 0 Å². The third kappa shape index (κ3) is 3.39. The second kappa shape index (κ2) is 6.44. The molecule has 1 aliphatic heterocycles. The number of nitrogens with one attached hydrogen (secondary N) is 1. The van der Waals surface area contributed by atoms with Crippen molar-refractivity contribution in [1.82, 2.24) is 5.32 Å². The van der Waals surface area contributed by atoms with Crippen LogP contribution in [0.15, 0.2) is 0 Å². The molecule has 0 aromatic carbocycles. The van der Waals surface area contributed by atoms with E-state index in [9.17, 15) is 0 Å². The van der Waals surface area contributed by atoms with Crippen molar-refractivity contribution in [3.05, 3.63) is 0 Å². The zero-order valence-electron chi connectivity index (χ0n) is 11.3. The van der Waals surface area contributed by atoms with E-state index in [4.69, 9.17) is 4.74 Å². The summed E-state index contributed by atoms with van der Waals surface area (Å²) in [6.07, 6.45) is 9.40. The van der Waals surface area contributed by atoms with Gasteiger partial charge >= 0.3 is 0 Å². The molecule has 3 heteroatoms. The fourth-order valence-electron chi connectivity index (χ4n) is 3.11. The van der Waals surface area contributed by atoms with Crippen LogP contribution in [0.4, 0.5) is 0 Å². The molecule has 1 N–H and O–H groups in total. The molecular formula is C14H27NOS. The summed E-state index contributed by atoms with van der Waals surface area (Å²) in [7, 11) is 0. The van der Waals surface area contributed by atoms with Crippen molar-refractivity contribution >= 4 is 11.8 Å². The minimum Gasteiger partial charge on any atom is -0.377 e. The van der Waals surface area contributed by atoms with Gasteiger partial charge in [-0.3, -0.25) is 0 Å². The van der Waals surface area contributed by atoms with E-state index in [0.717, 1.165) is 19.1 Å². The lowest BCUT2D eigenvalue weighted by atomic mass is 9.76. The molecular weight excluding hydrogens is 230 g/mol. The lowest BCUT2D eigenvalue weighted by Gasteiger charge is -2.34. The molecule has 0 radical (unpaired) electrons. The number of thioether (sulfide) groups is 1. The highest BCUT2D eigenvalue weighted by atomic mass is 32.2. The molecule has 2 nitrogen and oxygen atoms in total. The zero-order valence-corrected chi connectivity index (χ0v) is 12.2. The standard InChI is InChI=1S/C14H27NOS/c1-3-8-15-11-14(7-10-17-2)6-9-16-13(14)12-4-5-12/h12-13,15H,3-11H2,1-2H3. The predicted octanol–water partition coefficient (Wildman–Crippen LogP) is 2.92. The minimum absolute atomic E-state index is 0.444. The number of ether oxygens (including phenoxy) is 1. The van der Waals surface area contributed by atoms with Crippen molar-refractivity contribution in [3.63, 3.8) is 0 Å². The number of hydrogen-bond acceptors (Lipinski definition) is 3. The van der Waals surface area contributed by atoms with Gasteiger partial charge < -0.3 is 10.1 Å². The highest BCUT2D eigenvalue weighted by Crippen LogP contribution is 2.49. The van der Waals surface area contributed by atoms with Crippen molar-refractivity contribution in [3.8, 4) is 0 Å². The summed E-state index contributed by atoms with van der Waals surface area (Å²) < 4.78 is 6.07. The van der Waals surface area contributed by atoms with Gasteiger partial charge in [-0.15, -0.1) is 0 Å². The minimum atomic E-state index is 0.444. The van der Waals surface area contributed by atoms with Crippen LogP contribution in [0.1, 0.15) is 39.0 Å². The topological polar surface area (TPSA) is 21.3 Å². The monoisotopic (exact) mass is 257 g/mol. The first-order chi connectivity index (χ1) is 8.32. The van der Waals surface area contributed by atoms with Crippen LogP contribution >= 0.6 is 11.8 Å². The molecule has 0 amide bonds. The summed E-state index contributed by atoms with van der Waals surface area (Å²) in [6, 6.07) is 0. The van der Waals surface area contributed by atoms with Gasteiger partial charge in [-0.25, -0.2) is 0 Å². The normalized spacial score (nSPS) is 33.2. The van der Waals surface area contributed by atoms with Crippen LogP contribution in [0, 0.1) is 11.3 Å². The second-order valence-electron chi connectivity index (χ2n) is 5.66. The highest BCUT2D eigenvalue weighted by molar-refractivity contribution is 7.98. The van der Waals surface area contributed by atoms with E-state index in [-0.39, 0.29) is 0 Å². The maximum absolute atomic E-state index is 6.07. The van der Waals surface area contributed by atoms with E-state index in [2.05, 4.69) is 18.5 Å². The van der Waals surface area contributed by atoms with Crippen molar-refractivity contribution in [2.75, 3.05) is 31.7 Å². The maximum Gasteiger partial charge on any atom is 0.0672 e. The second-order valence-corrected chi connectivity index (χ2v) is 6.65. The van der Waals surface area contributed by atoms with Gasteiger partial charge in [-0.05, 0) is 56.6 Å². The van der Waals surface area contributed by atoms with Crippen LogP contribution in [0.2, 0.25) is 0 Å². The quantitative estimate of drug-likeness (QED) is 0.676. The first-order valence-corrected chi connectivity index (χ1v) is 8.53. The van der Waals surface area contributed by atoms with Gasteiger partial charge in [-0.1, -0.05) is 6.92 Å². The lowest BCUT2D eigenvalue weighted by Crippen LogP contribution is -2.42. The number of hydrogen-bond donors (Lipinski definition) is 1. The SMILES string of the molecule is CCCNCC1(CCSC)CCOC1C1CC1. The Bertz CT molecular complexity index is 232. The molecule has 2 atom stereocenters. The molecule has 0 spiro atoms. The molecule has 1 saturated carbocycles. The summed E-state index contributed by atoms with van der Waals surface area (Å²) in [4.78, 5) is 0. The molecule has 0 aromatic heterocycles. The summed E-state index contributed by atoms with van der Waals surface area (Å²) in [6.45, 7) is 5.55. The lowest BCUT2D eigenvalue weighted by molar-refractivity contribution is 0.0294. The molecule has 2 unspecified atom stereocenters. The average Bonchev–Trinajstić information content (AvgIpc) is 3.10. The van der Waals surface area contributed by atoms with Crippen LogP contribution in [0.3, 0.4) is 0 Å². The fourth-order valence-corrected chi connectivity index (χ4v) is 3.72. The van der Waals surface area contributed by atoms with E-state index in [1.165, 1.54) is 44.4 Å². The first-order valence-electron chi connectivity index (χ1n) is 7.13. The Balaban J connectivity index is 1.94. The molecule has 2 fully saturated rings. The van der Waals surface area contributed by atoms with Crippen LogP contribution < -0.4 is 5.32 Å². The summed E-state index contributed by atoms with van der Waals surface area (Å²) in [5.74, 6) is 2.16. The molecule has 1 saturated heterocycles. The molecule has 100 valence electrons. The van der Waals surface area contributed by atoms with E-state index in [1.54, 1.807) is 0 Å². The number of rotatable bonds is 8. The Labute approximate surface area is 110 Å². The van der Waals surface area contributed by atoms with Gasteiger partial charge in [0, 0.05) is 18.6 Å². The van der Waals surface area contributed by atoms with E-state index < -0.39 is 0 Å².